The first-order valence-electron chi connectivity index (χ1n) is 8.84. The summed E-state index contributed by atoms with van der Waals surface area (Å²) in [5.41, 5.74) is 1.72. The SMILES string of the molecule is CC(=O)Nc1ccc2c(COC(=O)c3ccc(-n4cnnn4)cc3)cc(=O)oc2c1. The molecule has 150 valence electrons. The first-order valence-corrected chi connectivity index (χ1v) is 8.84. The van der Waals surface area contributed by atoms with E-state index in [1.165, 1.54) is 24.0 Å². The number of esters is 1. The Morgan fingerprint density at radius 3 is 2.63 bits per heavy atom. The van der Waals surface area contributed by atoms with Gasteiger partial charge in [-0.3, -0.25) is 4.79 Å². The molecule has 1 N–H and O–H groups in total. The van der Waals surface area contributed by atoms with Crippen LogP contribution in [0, 0.1) is 0 Å². The molecule has 1 amide bonds. The molecule has 0 atom stereocenters. The molecule has 0 aliphatic carbocycles. The highest BCUT2D eigenvalue weighted by Crippen LogP contribution is 2.22. The third-order valence-electron chi connectivity index (χ3n) is 4.23. The lowest BCUT2D eigenvalue weighted by atomic mass is 10.1. The number of hydrogen-bond donors (Lipinski definition) is 1. The third kappa shape index (κ3) is 4.07. The molecule has 0 saturated carbocycles. The molecule has 30 heavy (non-hydrogen) atoms. The maximum Gasteiger partial charge on any atom is 0.338 e. The summed E-state index contributed by atoms with van der Waals surface area (Å²) >= 11 is 0. The van der Waals surface area contributed by atoms with Crippen LogP contribution < -0.4 is 10.9 Å². The second-order valence-electron chi connectivity index (χ2n) is 6.36. The summed E-state index contributed by atoms with van der Waals surface area (Å²) in [5, 5.41) is 14.1. The van der Waals surface area contributed by atoms with E-state index in [4.69, 9.17) is 9.15 Å². The molecule has 0 radical (unpaired) electrons. The number of tetrazole rings is 1. The van der Waals surface area contributed by atoms with Gasteiger partial charge >= 0.3 is 11.6 Å². The summed E-state index contributed by atoms with van der Waals surface area (Å²) in [7, 11) is 0. The van der Waals surface area contributed by atoms with Crippen LogP contribution in [0.2, 0.25) is 0 Å². The Morgan fingerprint density at radius 2 is 1.93 bits per heavy atom. The molecule has 0 aliphatic heterocycles. The van der Waals surface area contributed by atoms with E-state index in [1.807, 2.05) is 0 Å². The topological polar surface area (TPSA) is 129 Å². The van der Waals surface area contributed by atoms with Crippen molar-refractivity contribution in [2.45, 2.75) is 13.5 Å². The molecule has 2 heterocycles. The maximum atomic E-state index is 12.4. The smallest absolute Gasteiger partial charge is 0.338 e. The number of benzene rings is 2. The molecule has 10 nitrogen and oxygen atoms in total. The van der Waals surface area contributed by atoms with Crippen LogP contribution in [0.4, 0.5) is 5.69 Å². The van der Waals surface area contributed by atoms with Crippen LogP contribution in [0.15, 0.2) is 64.1 Å². The summed E-state index contributed by atoms with van der Waals surface area (Å²) in [5.74, 6) is -0.789. The highest BCUT2D eigenvalue weighted by Gasteiger charge is 2.12. The highest BCUT2D eigenvalue weighted by molar-refractivity contribution is 5.92. The number of aromatic nitrogens is 4. The van der Waals surface area contributed by atoms with Crippen molar-refractivity contribution >= 4 is 28.5 Å². The van der Waals surface area contributed by atoms with Gasteiger partial charge in [0.15, 0.2) is 0 Å². The lowest BCUT2D eigenvalue weighted by molar-refractivity contribution is -0.114. The normalized spacial score (nSPS) is 10.7. The highest BCUT2D eigenvalue weighted by atomic mass is 16.5. The molecule has 2 aromatic carbocycles. The van der Waals surface area contributed by atoms with Crippen molar-refractivity contribution in [3.8, 4) is 5.69 Å². The number of nitrogens with one attached hydrogen (secondary N) is 1. The number of carbonyl (C=O) groups is 2. The van der Waals surface area contributed by atoms with E-state index in [0.717, 1.165) is 0 Å². The molecule has 0 bridgehead atoms. The van der Waals surface area contributed by atoms with Gasteiger partial charge in [0.2, 0.25) is 5.91 Å². The van der Waals surface area contributed by atoms with Crippen molar-refractivity contribution in [2.24, 2.45) is 0 Å². The fourth-order valence-electron chi connectivity index (χ4n) is 2.89. The minimum Gasteiger partial charge on any atom is -0.457 e. The van der Waals surface area contributed by atoms with E-state index < -0.39 is 11.6 Å². The largest absolute Gasteiger partial charge is 0.457 e. The van der Waals surface area contributed by atoms with Gasteiger partial charge in [-0.05, 0) is 46.8 Å². The fraction of sp³-hybridized carbons (Fsp3) is 0.100. The van der Waals surface area contributed by atoms with Crippen molar-refractivity contribution in [1.82, 2.24) is 20.2 Å². The molecule has 0 saturated heterocycles. The van der Waals surface area contributed by atoms with Gasteiger partial charge in [0.25, 0.3) is 0 Å². The van der Waals surface area contributed by atoms with E-state index >= 15 is 0 Å². The quantitative estimate of drug-likeness (QED) is 0.395. The molecular weight excluding hydrogens is 390 g/mol. The fourth-order valence-corrected chi connectivity index (χ4v) is 2.89. The van der Waals surface area contributed by atoms with E-state index in [0.29, 0.717) is 27.9 Å². The average molecular weight is 405 g/mol. The monoisotopic (exact) mass is 405 g/mol. The number of amides is 1. The first-order chi connectivity index (χ1) is 14.5. The third-order valence-corrected chi connectivity index (χ3v) is 4.23. The van der Waals surface area contributed by atoms with Crippen LogP contribution in [0.3, 0.4) is 0 Å². The van der Waals surface area contributed by atoms with Crippen LogP contribution in [0.1, 0.15) is 22.8 Å². The number of ether oxygens (including phenoxy) is 1. The van der Waals surface area contributed by atoms with Crippen LogP contribution >= 0.6 is 0 Å². The Kier molecular flexibility index (Phi) is 5.04. The Labute approximate surface area is 169 Å². The van der Waals surface area contributed by atoms with Gasteiger partial charge in [0.1, 0.15) is 18.5 Å². The number of carbonyl (C=O) groups excluding carboxylic acids is 2. The average Bonchev–Trinajstić information content (AvgIpc) is 3.26. The van der Waals surface area contributed by atoms with Crippen LogP contribution in [-0.4, -0.2) is 32.1 Å². The van der Waals surface area contributed by atoms with Crippen LogP contribution in [0.25, 0.3) is 16.7 Å². The molecule has 4 rings (SSSR count). The maximum absolute atomic E-state index is 12.4. The Balaban J connectivity index is 1.52. The van der Waals surface area contributed by atoms with Crippen LogP contribution in [0.5, 0.6) is 0 Å². The Morgan fingerprint density at radius 1 is 1.13 bits per heavy atom. The molecule has 0 unspecified atom stereocenters. The van der Waals surface area contributed by atoms with E-state index in [9.17, 15) is 14.4 Å². The minimum atomic E-state index is -0.584. The van der Waals surface area contributed by atoms with Gasteiger partial charge in [-0.2, -0.15) is 0 Å². The van der Waals surface area contributed by atoms with E-state index in [1.54, 1.807) is 42.5 Å². The van der Waals surface area contributed by atoms with Crippen LogP contribution in [-0.2, 0) is 16.1 Å². The zero-order valence-corrected chi connectivity index (χ0v) is 15.7. The first kappa shape index (κ1) is 19.0. The molecule has 0 spiro atoms. The standard InChI is InChI=1S/C20H15N5O5/c1-12(26)22-15-4-7-17-14(8-19(27)30-18(17)9-15)10-29-20(28)13-2-5-16(6-3-13)25-11-21-23-24-25/h2-9,11H,10H2,1H3,(H,22,26). The lowest BCUT2D eigenvalue weighted by Gasteiger charge is -2.09. The summed E-state index contributed by atoms with van der Waals surface area (Å²) in [6.45, 7) is 1.26. The molecular formula is C20H15N5O5. The zero-order chi connectivity index (χ0) is 21.1. The van der Waals surface area contributed by atoms with Crippen molar-refractivity contribution in [3.05, 3.63) is 76.4 Å². The Bertz CT molecular complexity index is 1280. The van der Waals surface area contributed by atoms with Gasteiger partial charge in [-0.1, -0.05) is 0 Å². The number of fused-ring (bicyclic) bond motifs is 1. The lowest BCUT2D eigenvalue weighted by Crippen LogP contribution is -2.09. The van der Waals surface area contributed by atoms with Crippen molar-refractivity contribution in [1.29, 1.82) is 0 Å². The second-order valence-corrected chi connectivity index (χ2v) is 6.36. The van der Waals surface area contributed by atoms with Gasteiger partial charge in [-0.15, -0.1) is 5.10 Å². The Hall–Kier alpha value is -4.34. The van der Waals surface area contributed by atoms with Crippen molar-refractivity contribution < 1.29 is 18.7 Å². The van der Waals surface area contributed by atoms with Gasteiger partial charge in [-0.25, -0.2) is 14.3 Å². The zero-order valence-electron chi connectivity index (χ0n) is 15.7. The summed E-state index contributed by atoms with van der Waals surface area (Å²) in [4.78, 5) is 35.5. The molecule has 0 fully saturated rings. The van der Waals surface area contributed by atoms with E-state index in [-0.39, 0.29) is 18.1 Å². The number of hydrogen-bond acceptors (Lipinski definition) is 8. The predicted octanol–water partition coefficient (Wildman–Crippen LogP) is 2.08. The number of nitrogens with zero attached hydrogens (tertiary/aromatic N) is 4. The number of anilines is 1. The summed E-state index contributed by atoms with van der Waals surface area (Å²) in [6.07, 6.45) is 1.44. The molecule has 10 heteroatoms. The molecule has 0 aliphatic rings. The van der Waals surface area contributed by atoms with Crippen molar-refractivity contribution in [2.75, 3.05) is 5.32 Å². The second kappa shape index (κ2) is 7.95. The minimum absolute atomic E-state index is 0.116. The summed E-state index contributed by atoms with van der Waals surface area (Å²) in [6, 6.07) is 12.7. The van der Waals surface area contributed by atoms with Gasteiger partial charge in [0.05, 0.1) is 11.3 Å². The molecule has 2 aromatic heterocycles. The number of rotatable bonds is 5. The van der Waals surface area contributed by atoms with Crippen molar-refractivity contribution in [3.63, 3.8) is 0 Å². The van der Waals surface area contributed by atoms with Gasteiger partial charge in [0, 0.05) is 35.7 Å². The predicted molar refractivity (Wildman–Crippen MR) is 105 cm³/mol. The summed E-state index contributed by atoms with van der Waals surface area (Å²) < 4.78 is 12.0. The van der Waals surface area contributed by atoms with Gasteiger partial charge < -0.3 is 14.5 Å². The van der Waals surface area contributed by atoms with E-state index in [2.05, 4.69) is 20.8 Å². The molecule has 4 aromatic rings.